The van der Waals surface area contributed by atoms with Crippen molar-refractivity contribution in [3.63, 3.8) is 0 Å². The van der Waals surface area contributed by atoms with Gasteiger partial charge in [-0.05, 0) is 16.8 Å². The van der Waals surface area contributed by atoms with Crippen molar-refractivity contribution in [1.29, 1.82) is 0 Å². The average molecular weight is 267 g/mol. The van der Waals surface area contributed by atoms with E-state index < -0.39 is 0 Å². The monoisotopic (exact) mass is 267 g/mol. The number of ether oxygens (including phenoxy) is 1. The van der Waals surface area contributed by atoms with Crippen molar-refractivity contribution in [3.05, 3.63) is 54.1 Å². The second-order valence-electron chi connectivity index (χ2n) is 4.46. The van der Waals surface area contributed by atoms with Crippen molar-refractivity contribution in [2.24, 2.45) is 7.05 Å². The van der Waals surface area contributed by atoms with Crippen molar-refractivity contribution in [2.45, 2.75) is 6.61 Å². The van der Waals surface area contributed by atoms with Crippen LogP contribution in [0.5, 0.6) is 5.75 Å². The third kappa shape index (κ3) is 2.14. The van der Waals surface area contributed by atoms with Gasteiger partial charge in [0.15, 0.2) is 12.1 Å². The minimum absolute atomic E-state index is 0.273. The molecule has 0 saturated carbocycles. The molecule has 0 N–H and O–H groups in total. The molecule has 1 aromatic heterocycles. The highest BCUT2D eigenvalue weighted by Crippen LogP contribution is 2.27. The number of aryl methyl sites for hydroxylation is 1. The molecule has 0 bridgehead atoms. The van der Waals surface area contributed by atoms with Gasteiger partial charge in [-0.2, -0.15) is 0 Å². The molecular weight excluding hydrogens is 254 g/mol. The van der Waals surface area contributed by atoms with Gasteiger partial charge in [0.05, 0.1) is 5.56 Å². The van der Waals surface area contributed by atoms with Crippen molar-refractivity contribution in [1.82, 2.24) is 14.8 Å². The summed E-state index contributed by atoms with van der Waals surface area (Å²) in [6.07, 6.45) is 2.44. The number of hydrogen-bond donors (Lipinski definition) is 0. The maximum absolute atomic E-state index is 11.4. The molecule has 3 rings (SSSR count). The normalized spacial score (nSPS) is 10.7. The minimum atomic E-state index is 0.273. The van der Waals surface area contributed by atoms with Gasteiger partial charge in [0.25, 0.3) is 0 Å². The zero-order valence-electron chi connectivity index (χ0n) is 11.0. The number of rotatable bonds is 4. The Hall–Kier alpha value is -2.69. The van der Waals surface area contributed by atoms with Gasteiger partial charge < -0.3 is 9.30 Å². The predicted octanol–water partition coefficient (Wildman–Crippen LogP) is 2.36. The number of benzene rings is 2. The van der Waals surface area contributed by atoms with Crippen molar-refractivity contribution >= 4 is 17.1 Å². The summed E-state index contributed by atoms with van der Waals surface area (Å²) in [5, 5.41) is 9.64. The van der Waals surface area contributed by atoms with E-state index in [2.05, 4.69) is 10.2 Å². The largest absolute Gasteiger partial charge is 0.485 e. The third-order valence-electron chi connectivity index (χ3n) is 3.21. The van der Waals surface area contributed by atoms with Gasteiger partial charge in [0.2, 0.25) is 0 Å². The summed E-state index contributed by atoms with van der Waals surface area (Å²) < 4.78 is 7.49. The van der Waals surface area contributed by atoms with E-state index in [4.69, 9.17) is 4.74 Å². The van der Waals surface area contributed by atoms with E-state index in [9.17, 15) is 4.79 Å². The van der Waals surface area contributed by atoms with E-state index >= 15 is 0 Å². The zero-order valence-corrected chi connectivity index (χ0v) is 11.0. The molecule has 0 aliphatic heterocycles. The molecule has 0 atom stereocenters. The number of fused-ring (bicyclic) bond motifs is 1. The molecule has 5 heteroatoms. The van der Waals surface area contributed by atoms with E-state index in [0.717, 1.165) is 17.1 Å². The predicted molar refractivity (Wildman–Crippen MR) is 74.7 cm³/mol. The summed E-state index contributed by atoms with van der Waals surface area (Å²) in [4.78, 5) is 11.4. The lowest BCUT2D eigenvalue weighted by molar-refractivity contribution is 0.112. The maximum atomic E-state index is 11.4. The van der Waals surface area contributed by atoms with E-state index in [1.165, 1.54) is 0 Å². The topological polar surface area (TPSA) is 57.0 Å². The molecule has 3 aromatic rings. The van der Waals surface area contributed by atoms with E-state index in [0.29, 0.717) is 17.1 Å². The standard InChI is InChI=1S/C15H13N3O2/c1-18-10-16-17-15(18)9-20-14-7-6-11-4-2-3-5-12(11)13(14)8-19/h2-8,10H,9H2,1H3. The van der Waals surface area contributed by atoms with Crippen molar-refractivity contribution in [2.75, 3.05) is 0 Å². The highest BCUT2D eigenvalue weighted by molar-refractivity contribution is 6.00. The molecule has 0 aliphatic rings. The lowest BCUT2D eigenvalue weighted by Crippen LogP contribution is -2.04. The van der Waals surface area contributed by atoms with Gasteiger partial charge in [-0.3, -0.25) is 4.79 Å². The summed E-state index contributed by atoms with van der Waals surface area (Å²) in [5.74, 6) is 1.26. The molecule has 0 amide bonds. The molecule has 1 heterocycles. The molecular formula is C15H13N3O2. The summed E-state index contributed by atoms with van der Waals surface area (Å²) in [6.45, 7) is 0.273. The summed E-state index contributed by atoms with van der Waals surface area (Å²) in [5.41, 5.74) is 0.560. The molecule has 100 valence electrons. The van der Waals surface area contributed by atoms with E-state index in [1.807, 2.05) is 43.4 Å². The van der Waals surface area contributed by atoms with Gasteiger partial charge in [0, 0.05) is 7.05 Å². The van der Waals surface area contributed by atoms with Crippen LogP contribution in [-0.2, 0) is 13.7 Å². The second kappa shape index (κ2) is 5.13. The molecule has 20 heavy (non-hydrogen) atoms. The highest BCUT2D eigenvalue weighted by atomic mass is 16.5. The Morgan fingerprint density at radius 3 is 2.85 bits per heavy atom. The summed E-state index contributed by atoms with van der Waals surface area (Å²) >= 11 is 0. The van der Waals surface area contributed by atoms with Crippen LogP contribution in [0.25, 0.3) is 10.8 Å². The Morgan fingerprint density at radius 1 is 1.25 bits per heavy atom. The number of aromatic nitrogens is 3. The van der Waals surface area contributed by atoms with Gasteiger partial charge in [0.1, 0.15) is 18.7 Å². The molecule has 0 unspecified atom stereocenters. The van der Waals surface area contributed by atoms with Crippen LogP contribution in [0.15, 0.2) is 42.7 Å². The molecule has 0 radical (unpaired) electrons. The fourth-order valence-corrected chi connectivity index (χ4v) is 2.10. The molecule has 5 nitrogen and oxygen atoms in total. The Morgan fingerprint density at radius 2 is 2.10 bits per heavy atom. The van der Waals surface area contributed by atoms with Crippen LogP contribution in [0, 0.1) is 0 Å². The number of hydrogen-bond acceptors (Lipinski definition) is 4. The molecule has 0 aliphatic carbocycles. The maximum Gasteiger partial charge on any atom is 0.170 e. The van der Waals surface area contributed by atoms with Crippen LogP contribution in [0.4, 0.5) is 0 Å². The number of carbonyl (C=O) groups is 1. The Kier molecular flexibility index (Phi) is 3.16. The third-order valence-corrected chi connectivity index (χ3v) is 3.21. The summed E-state index contributed by atoms with van der Waals surface area (Å²) in [7, 11) is 1.85. The smallest absolute Gasteiger partial charge is 0.170 e. The van der Waals surface area contributed by atoms with Crippen LogP contribution in [0.3, 0.4) is 0 Å². The van der Waals surface area contributed by atoms with Crippen LogP contribution in [-0.4, -0.2) is 21.1 Å². The first-order chi connectivity index (χ1) is 9.79. The quantitative estimate of drug-likeness (QED) is 0.681. The van der Waals surface area contributed by atoms with Gasteiger partial charge in [-0.15, -0.1) is 10.2 Å². The number of carbonyl (C=O) groups excluding carboxylic acids is 1. The van der Waals surface area contributed by atoms with Crippen molar-refractivity contribution in [3.8, 4) is 5.75 Å². The van der Waals surface area contributed by atoms with Crippen molar-refractivity contribution < 1.29 is 9.53 Å². The van der Waals surface area contributed by atoms with Crippen LogP contribution in [0.2, 0.25) is 0 Å². The number of nitrogens with zero attached hydrogens (tertiary/aromatic N) is 3. The van der Waals surface area contributed by atoms with Gasteiger partial charge >= 0.3 is 0 Å². The SMILES string of the molecule is Cn1cnnc1COc1ccc2ccccc2c1C=O. The molecule has 0 saturated heterocycles. The van der Waals surface area contributed by atoms with Crippen LogP contribution < -0.4 is 4.74 Å². The molecule has 2 aromatic carbocycles. The highest BCUT2D eigenvalue weighted by Gasteiger charge is 2.09. The fraction of sp³-hybridized carbons (Fsp3) is 0.133. The van der Waals surface area contributed by atoms with Gasteiger partial charge in [-0.1, -0.05) is 30.3 Å². The molecule has 0 spiro atoms. The van der Waals surface area contributed by atoms with E-state index in [-0.39, 0.29) is 6.61 Å². The lowest BCUT2D eigenvalue weighted by Gasteiger charge is -2.10. The van der Waals surface area contributed by atoms with Crippen LogP contribution >= 0.6 is 0 Å². The minimum Gasteiger partial charge on any atom is -0.485 e. The first kappa shape index (κ1) is 12.3. The molecule has 0 fully saturated rings. The van der Waals surface area contributed by atoms with Crippen LogP contribution in [0.1, 0.15) is 16.2 Å². The Balaban J connectivity index is 1.95. The summed E-state index contributed by atoms with van der Waals surface area (Å²) in [6, 6.07) is 11.5. The first-order valence-electron chi connectivity index (χ1n) is 6.22. The zero-order chi connectivity index (χ0) is 13.9. The average Bonchev–Trinajstić information content (AvgIpc) is 2.89. The second-order valence-corrected chi connectivity index (χ2v) is 4.46. The van der Waals surface area contributed by atoms with E-state index in [1.54, 1.807) is 10.9 Å². The lowest BCUT2D eigenvalue weighted by atomic mass is 10.0. The van der Waals surface area contributed by atoms with Gasteiger partial charge in [-0.25, -0.2) is 0 Å². The number of aldehydes is 1. The Labute approximate surface area is 115 Å². The Bertz CT molecular complexity index is 765. The fourth-order valence-electron chi connectivity index (χ4n) is 2.10. The first-order valence-corrected chi connectivity index (χ1v) is 6.22.